The number of nitrogens with one attached hydrogen (secondary N) is 1. The molecule has 1 rings (SSSR count). The van der Waals surface area contributed by atoms with Crippen LogP contribution in [-0.4, -0.2) is 29.5 Å². The van der Waals surface area contributed by atoms with Crippen LogP contribution >= 0.6 is 11.8 Å². The molecule has 0 fully saturated rings. The monoisotopic (exact) mass is 292 g/mol. The summed E-state index contributed by atoms with van der Waals surface area (Å²) in [4.78, 5) is 23.2. The van der Waals surface area contributed by atoms with Crippen molar-refractivity contribution in [3.05, 3.63) is 29.8 Å². The first kappa shape index (κ1) is 16.1. The Labute approximate surface area is 122 Å². The molecule has 0 heterocycles. The number of ether oxygens (including phenoxy) is 1. The second-order valence-electron chi connectivity index (χ2n) is 3.90. The van der Waals surface area contributed by atoms with Crippen molar-refractivity contribution in [2.24, 2.45) is 0 Å². The van der Waals surface area contributed by atoms with E-state index in [1.165, 1.54) is 11.8 Å². The molecule has 0 spiro atoms. The number of nitriles is 1. The fourth-order valence-electron chi connectivity index (χ4n) is 1.40. The van der Waals surface area contributed by atoms with Crippen molar-refractivity contribution in [1.82, 2.24) is 0 Å². The van der Waals surface area contributed by atoms with Gasteiger partial charge in [-0.25, -0.2) is 0 Å². The van der Waals surface area contributed by atoms with Gasteiger partial charge in [-0.3, -0.25) is 9.59 Å². The normalized spacial score (nSPS) is 11.2. The van der Waals surface area contributed by atoms with Crippen LogP contribution in [0.25, 0.3) is 0 Å². The zero-order chi connectivity index (χ0) is 15.0. The van der Waals surface area contributed by atoms with Gasteiger partial charge >= 0.3 is 5.97 Å². The molecule has 1 amide bonds. The summed E-state index contributed by atoms with van der Waals surface area (Å²) < 4.78 is 4.79. The summed E-state index contributed by atoms with van der Waals surface area (Å²) in [6, 6.07) is 8.78. The van der Waals surface area contributed by atoms with Crippen LogP contribution in [0.5, 0.6) is 0 Å². The van der Waals surface area contributed by atoms with E-state index >= 15 is 0 Å². The third kappa shape index (κ3) is 4.94. The van der Waals surface area contributed by atoms with Gasteiger partial charge in [0.2, 0.25) is 5.91 Å². The maximum absolute atomic E-state index is 12.0. The minimum absolute atomic E-state index is 0.127. The lowest BCUT2D eigenvalue weighted by Gasteiger charge is -2.12. The van der Waals surface area contributed by atoms with E-state index in [-0.39, 0.29) is 17.6 Å². The molecular weight excluding hydrogens is 276 g/mol. The van der Waals surface area contributed by atoms with Crippen LogP contribution in [0.15, 0.2) is 24.3 Å². The average molecular weight is 292 g/mol. The summed E-state index contributed by atoms with van der Waals surface area (Å²) in [6.07, 6.45) is 0. The number of carbonyl (C=O) groups is 2. The summed E-state index contributed by atoms with van der Waals surface area (Å²) in [7, 11) is 0. The van der Waals surface area contributed by atoms with E-state index in [0.717, 1.165) is 0 Å². The molecule has 0 aliphatic carbocycles. The van der Waals surface area contributed by atoms with E-state index < -0.39 is 5.25 Å². The average Bonchev–Trinajstić information content (AvgIpc) is 2.45. The number of nitrogens with zero attached hydrogens (tertiary/aromatic N) is 1. The molecular formula is C14H16N2O3S. The third-order valence-electron chi connectivity index (χ3n) is 2.43. The molecule has 1 N–H and O–H groups in total. The number of anilines is 1. The van der Waals surface area contributed by atoms with Gasteiger partial charge in [0.05, 0.1) is 28.9 Å². The Morgan fingerprint density at radius 2 is 2.15 bits per heavy atom. The van der Waals surface area contributed by atoms with Crippen molar-refractivity contribution in [2.75, 3.05) is 17.7 Å². The fraction of sp³-hybridized carbons (Fsp3) is 0.357. The maximum Gasteiger partial charge on any atom is 0.315 e. The van der Waals surface area contributed by atoms with Gasteiger partial charge in [0, 0.05) is 0 Å². The minimum atomic E-state index is -0.411. The van der Waals surface area contributed by atoms with Crippen LogP contribution in [-0.2, 0) is 14.3 Å². The zero-order valence-corrected chi connectivity index (χ0v) is 12.2. The molecule has 1 aromatic rings. The van der Waals surface area contributed by atoms with Crippen LogP contribution in [0.4, 0.5) is 5.69 Å². The van der Waals surface area contributed by atoms with Crippen molar-refractivity contribution in [1.29, 1.82) is 5.26 Å². The third-order valence-corrected chi connectivity index (χ3v) is 3.55. The lowest BCUT2D eigenvalue weighted by molar-refractivity contribution is -0.139. The summed E-state index contributed by atoms with van der Waals surface area (Å²) >= 11 is 1.20. The number of esters is 1. The first-order valence-corrected chi connectivity index (χ1v) is 7.20. The Bertz CT molecular complexity index is 525. The number of benzene rings is 1. The second-order valence-corrected chi connectivity index (χ2v) is 5.23. The first-order valence-electron chi connectivity index (χ1n) is 6.15. The summed E-state index contributed by atoms with van der Waals surface area (Å²) in [6.45, 7) is 3.77. The highest BCUT2D eigenvalue weighted by atomic mass is 32.2. The Morgan fingerprint density at radius 3 is 2.80 bits per heavy atom. The largest absolute Gasteiger partial charge is 0.465 e. The molecule has 0 bridgehead atoms. The van der Waals surface area contributed by atoms with E-state index in [4.69, 9.17) is 10.00 Å². The zero-order valence-electron chi connectivity index (χ0n) is 11.4. The smallest absolute Gasteiger partial charge is 0.315 e. The number of hydrogen-bond acceptors (Lipinski definition) is 5. The highest BCUT2D eigenvalue weighted by Crippen LogP contribution is 2.17. The quantitative estimate of drug-likeness (QED) is 0.813. The second kappa shape index (κ2) is 8.23. The van der Waals surface area contributed by atoms with E-state index in [0.29, 0.717) is 17.9 Å². The summed E-state index contributed by atoms with van der Waals surface area (Å²) in [5.41, 5.74) is 0.882. The number of hydrogen-bond donors (Lipinski definition) is 1. The van der Waals surface area contributed by atoms with Gasteiger partial charge in [0.1, 0.15) is 6.07 Å². The van der Waals surface area contributed by atoms with E-state index in [1.807, 2.05) is 6.07 Å². The molecule has 0 saturated carbocycles. The van der Waals surface area contributed by atoms with Gasteiger partial charge in [-0.15, -0.1) is 11.8 Å². The minimum Gasteiger partial charge on any atom is -0.465 e. The topological polar surface area (TPSA) is 79.2 Å². The number of rotatable bonds is 6. The Kier molecular flexibility index (Phi) is 6.60. The Balaban J connectivity index is 2.54. The van der Waals surface area contributed by atoms with Gasteiger partial charge in [-0.2, -0.15) is 5.26 Å². The number of para-hydroxylation sites is 1. The standard InChI is InChI=1S/C14H16N2O3S/c1-3-19-13(17)9-20-10(2)14(18)16-12-7-5-4-6-11(12)8-15/h4-7,10H,3,9H2,1-2H3,(H,16,18)/t10-/m1/s1. The molecule has 0 radical (unpaired) electrons. The highest BCUT2D eigenvalue weighted by Gasteiger charge is 2.16. The van der Waals surface area contributed by atoms with E-state index in [2.05, 4.69) is 5.32 Å². The molecule has 5 nitrogen and oxygen atoms in total. The van der Waals surface area contributed by atoms with Crippen LogP contribution in [0, 0.1) is 11.3 Å². The van der Waals surface area contributed by atoms with Crippen LogP contribution in [0.3, 0.4) is 0 Å². The van der Waals surface area contributed by atoms with Crippen LogP contribution in [0.1, 0.15) is 19.4 Å². The lowest BCUT2D eigenvalue weighted by atomic mass is 10.2. The van der Waals surface area contributed by atoms with Crippen molar-refractivity contribution >= 4 is 29.3 Å². The maximum atomic E-state index is 12.0. The number of amides is 1. The van der Waals surface area contributed by atoms with Crippen LogP contribution in [0.2, 0.25) is 0 Å². The molecule has 106 valence electrons. The fourth-order valence-corrected chi connectivity index (χ4v) is 2.08. The van der Waals surface area contributed by atoms with Gasteiger partial charge in [0.25, 0.3) is 0 Å². The SMILES string of the molecule is CCOC(=O)CS[C@H](C)C(=O)Nc1ccccc1C#N. The molecule has 1 atom stereocenters. The molecule has 0 aliphatic rings. The van der Waals surface area contributed by atoms with Gasteiger partial charge in [0.15, 0.2) is 0 Å². The van der Waals surface area contributed by atoms with Crippen molar-refractivity contribution in [3.8, 4) is 6.07 Å². The van der Waals surface area contributed by atoms with E-state index in [1.54, 1.807) is 38.1 Å². The van der Waals surface area contributed by atoms with Crippen LogP contribution < -0.4 is 5.32 Å². The van der Waals surface area contributed by atoms with Gasteiger partial charge < -0.3 is 10.1 Å². The molecule has 1 aromatic carbocycles. The highest BCUT2D eigenvalue weighted by molar-refractivity contribution is 8.01. The van der Waals surface area contributed by atoms with Crippen molar-refractivity contribution in [2.45, 2.75) is 19.1 Å². The Hall–Kier alpha value is -2.00. The molecule has 0 unspecified atom stereocenters. The van der Waals surface area contributed by atoms with Crippen molar-refractivity contribution < 1.29 is 14.3 Å². The summed E-state index contributed by atoms with van der Waals surface area (Å²) in [5.74, 6) is -0.459. The lowest BCUT2D eigenvalue weighted by Crippen LogP contribution is -2.24. The molecule has 6 heteroatoms. The molecule has 0 aromatic heterocycles. The molecule has 0 saturated heterocycles. The van der Waals surface area contributed by atoms with Crippen molar-refractivity contribution in [3.63, 3.8) is 0 Å². The van der Waals surface area contributed by atoms with E-state index in [9.17, 15) is 9.59 Å². The first-order chi connectivity index (χ1) is 9.58. The molecule has 20 heavy (non-hydrogen) atoms. The predicted octanol–water partition coefficient (Wildman–Crippen LogP) is 2.18. The van der Waals surface area contributed by atoms with Gasteiger partial charge in [-0.05, 0) is 26.0 Å². The Morgan fingerprint density at radius 1 is 1.45 bits per heavy atom. The predicted molar refractivity (Wildman–Crippen MR) is 78.3 cm³/mol. The summed E-state index contributed by atoms with van der Waals surface area (Å²) in [5, 5.41) is 11.2. The molecule has 0 aliphatic heterocycles. The van der Waals surface area contributed by atoms with Gasteiger partial charge in [-0.1, -0.05) is 12.1 Å². The number of carbonyl (C=O) groups excluding carboxylic acids is 2. The number of thioether (sulfide) groups is 1.